The SMILES string of the molecule is CCCn1cc(NCc2occc2Br)ccc1=O. The van der Waals surface area contributed by atoms with Gasteiger partial charge in [0, 0.05) is 18.8 Å². The molecule has 2 heterocycles. The van der Waals surface area contributed by atoms with Crippen LogP contribution in [0.2, 0.25) is 0 Å². The van der Waals surface area contributed by atoms with Crippen molar-refractivity contribution in [1.29, 1.82) is 0 Å². The molecule has 0 bridgehead atoms. The van der Waals surface area contributed by atoms with Gasteiger partial charge in [-0.05, 0) is 34.5 Å². The Kier molecular flexibility index (Phi) is 4.25. The molecule has 0 saturated heterocycles. The molecule has 0 radical (unpaired) electrons. The Balaban J connectivity index is 2.08. The summed E-state index contributed by atoms with van der Waals surface area (Å²) >= 11 is 3.40. The Bertz CT molecular complexity index is 574. The molecule has 0 aromatic carbocycles. The van der Waals surface area contributed by atoms with E-state index in [0.29, 0.717) is 6.54 Å². The second-order valence-corrected chi connectivity index (χ2v) is 4.85. The van der Waals surface area contributed by atoms with Crippen molar-refractivity contribution >= 4 is 21.6 Å². The zero-order valence-corrected chi connectivity index (χ0v) is 11.7. The molecule has 0 unspecified atom stereocenters. The summed E-state index contributed by atoms with van der Waals surface area (Å²) in [6.07, 6.45) is 4.41. The van der Waals surface area contributed by atoms with E-state index in [1.54, 1.807) is 23.0 Å². The van der Waals surface area contributed by atoms with Crippen molar-refractivity contribution in [2.75, 3.05) is 5.32 Å². The van der Waals surface area contributed by atoms with Crippen LogP contribution in [0, 0.1) is 0 Å². The fraction of sp³-hybridized carbons (Fsp3) is 0.308. The average molecular weight is 311 g/mol. The van der Waals surface area contributed by atoms with Crippen LogP contribution < -0.4 is 10.9 Å². The first-order valence-electron chi connectivity index (χ1n) is 5.87. The molecule has 18 heavy (non-hydrogen) atoms. The fourth-order valence-corrected chi connectivity index (χ4v) is 2.03. The molecule has 0 aliphatic heterocycles. The summed E-state index contributed by atoms with van der Waals surface area (Å²) in [6, 6.07) is 5.22. The molecule has 0 aliphatic rings. The molecule has 0 spiro atoms. The van der Waals surface area contributed by atoms with E-state index in [1.165, 1.54) is 0 Å². The van der Waals surface area contributed by atoms with Crippen LogP contribution in [0.3, 0.4) is 0 Å². The van der Waals surface area contributed by atoms with Crippen molar-refractivity contribution < 1.29 is 4.42 Å². The summed E-state index contributed by atoms with van der Waals surface area (Å²) in [5.74, 6) is 0.836. The van der Waals surface area contributed by atoms with Crippen molar-refractivity contribution in [3.63, 3.8) is 0 Å². The maximum Gasteiger partial charge on any atom is 0.250 e. The van der Waals surface area contributed by atoms with E-state index in [4.69, 9.17) is 4.42 Å². The zero-order chi connectivity index (χ0) is 13.0. The number of rotatable bonds is 5. The first-order chi connectivity index (χ1) is 8.70. The first-order valence-corrected chi connectivity index (χ1v) is 6.66. The largest absolute Gasteiger partial charge is 0.466 e. The number of pyridine rings is 1. The molecule has 2 aromatic heterocycles. The molecule has 5 heteroatoms. The van der Waals surface area contributed by atoms with Gasteiger partial charge in [-0.1, -0.05) is 6.92 Å². The van der Waals surface area contributed by atoms with Gasteiger partial charge in [-0.3, -0.25) is 4.79 Å². The van der Waals surface area contributed by atoms with Crippen LogP contribution in [0.25, 0.3) is 0 Å². The van der Waals surface area contributed by atoms with Gasteiger partial charge in [0.25, 0.3) is 5.56 Å². The van der Waals surface area contributed by atoms with E-state index in [1.807, 2.05) is 19.2 Å². The highest BCUT2D eigenvalue weighted by molar-refractivity contribution is 9.10. The van der Waals surface area contributed by atoms with Gasteiger partial charge in [0.2, 0.25) is 0 Å². The average Bonchev–Trinajstić information content (AvgIpc) is 2.76. The quantitative estimate of drug-likeness (QED) is 0.922. The van der Waals surface area contributed by atoms with Crippen molar-refractivity contribution in [3.05, 3.63) is 51.2 Å². The second kappa shape index (κ2) is 5.91. The van der Waals surface area contributed by atoms with E-state index in [2.05, 4.69) is 21.2 Å². The molecule has 4 nitrogen and oxygen atoms in total. The number of furan rings is 1. The predicted molar refractivity (Wildman–Crippen MR) is 74.7 cm³/mol. The van der Waals surface area contributed by atoms with Crippen molar-refractivity contribution in [3.8, 4) is 0 Å². The van der Waals surface area contributed by atoms with E-state index >= 15 is 0 Å². The van der Waals surface area contributed by atoms with Crippen LogP contribution in [0.15, 0.2) is 44.3 Å². The summed E-state index contributed by atoms with van der Waals surface area (Å²) in [5, 5.41) is 3.23. The van der Waals surface area contributed by atoms with E-state index in [9.17, 15) is 4.79 Å². The van der Waals surface area contributed by atoms with Crippen LogP contribution in [-0.2, 0) is 13.1 Å². The number of nitrogens with zero attached hydrogens (tertiary/aromatic N) is 1. The molecular weight excluding hydrogens is 296 g/mol. The second-order valence-electron chi connectivity index (χ2n) is 3.99. The number of nitrogens with one attached hydrogen (secondary N) is 1. The number of hydrogen-bond donors (Lipinski definition) is 1. The van der Waals surface area contributed by atoms with Gasteiger partial charge in [-0.25, -0.2) is 0 Å². The first kappa shape index (κ1) is 13.0. The van der Waals surface area contributed by atoms with Gasteiger partial charge >= 0.3 is 0 Å². The van der Waals surface area contributed by atoms with Crippen LogP contribution in [-0.4, -0.2) is 4.57 Å². The minimum absolute atomic E-state index is 0.0292. The summed E-state index contributed by atoms with van der Waals surface area (Å²) in [5.41, 5.74) is 0.938. The lowest BCUT2D eigenvalue weighted by Crippen LogP contribution is -2.18. The Morgan fingerprint density at radius 3 is 2.89 bits per heavy atom. The molecule has 0 fully saturated rings. The molecule has 0 saturated carbocycles. The highest BCUT2D eigenvalue weighted by Crippen LogP contribution is 2.18. The van der Waals surface area contributed by atoms with Gasteiger partial charge in [-0.2, -0.15) is 0 Å². The predicted octanol–water partition coefficient (Wildman–Crippen LogP) is 3.23. The van der Waals surface area contributed by atoms with Crippen LogP contribution in [0.4, 0.5) is 5.69 Å². The van der Waals surface area contributed by atoms with E-state index < -0.39 is 0 Å². The highest BCUT2D eigenvalue weighted by Gasteiger charge is 2.03. The Labute approximate surface area is 114 Å². The van der Waals surface area contributed by atoms with E-state index in [-0.39, 0.29) is 5.56 Å². The topological polar surface area (TPSA) is 47.2 Å². The van der Waals surface area contributed by atoms with Gasteiger partial charge < -0.3 is 14.3 Å². The van der Waals surface area contributed by atoms with Gasteiger partial charge in [0.15, 0.2) is 0 Å². The zero-order valence-electron chi connectivity index (χ0n) is 10.1. The minimum Gasteiger partial charge on any atom is -0.466 e. The summed E-state index contributed by atoms with van der Waals surface area (Å²) in [4.78, 5) is 11.6. The lowest BCUT2D eigenvalue weighted by molar-refractivity contribution is 0.516. The van der Waals surface area contributed by atoms with Crippen molar-refractivity contribution in [1.82, 2.24) is 4.57 Å². The maximum absolute atomic E-state index is 11.6. The highest BCUT2D eigenvalue weighted by atomic mass is 79.9. The Hall–Kier alpha value is -1.49. The van der Waals surface area contributed by atoms with Crippen molar-refractivity contribution in [2.24, 2.45) is 0 Å². The Morgan fingerprint density at radius 2 is 2.22 bits per heavy atom. The number of anilines is 1. The van der Waals surface area contributed by atoms with Crippen molar-refractivity contribution in [2.45, 2.75) is 26.4 Å². The third-order valence-electron chi connectivity index (χ3n) is 2.59. The van der Waals surface area contributed by atoms with E-state index in [0.717, 1.165) is 28.9 Å². The molecule has 0 atom stereocenters. The fourth-order valence-electron chi connectivity index (χ4n) is 1.69. The third kappa shape index (κ3) is 3.04. The lowest BCUT2D eigenvalue weighted by atomic mass is 10.3. The van der Waals surface area contributed by atoms with Gasteiger partial charge in [0.1, 0.15) is 5.76 Å². The molecule has 1 N–H and O–H groups in total. The number of halogens is 1. The molecule has 2 aromatic rings. The van der Waals surface area contributed by atoms with Gasteiger partial charge in [0.05, 0.1) is 23.0 Å². The monoisotopic (exact) mass is 310 g/mol. The normalized spacial score (nSPS) is 10.6. The Morgan fingerprint density at radius 1 is 1.39 bits per heavy atom. The number of aryl methyl sites for hydroxylation is 1. The van der Waals surface area contributed by atoms with Crippen LogP contribution >= 0.6 is 15.9 Å². The number of hydrogen-bond acceptors (Lipinski definition) is 3. The molecule has 96 valence electrons. The molecule has 0 aliphatic carbocycles. The molecular formula is C13H15BrN2O2. The number of aromatic nitrogens is 1. The van der Waals surface area contributed by atoms with Crippen LogP contribution in [0.5, 0.6) is 0 Å². The van der Waals surface area contributed by atoms with Gasteiger partial charge in [-0.15, -0.1) is 0 Å². The molecule has 2 rings (SSSR count). The maximum atomic E-state index is 11.6. The lowest BCUT2D eigenvalue weighted by Gasteiger charge is -2.08. The minimum atomic E-state index is 0.0292. The summed E-state index contributed by atoms with van der Waals surface area (Å²) in [6.45, 7) is 3.36. The summed E-state index contributed by atoms with van der Waals surface area (Å²) < 4.78 is 7.96. The standard InChI is InChI=1S/C13H15BrN2O2/c1-2-6-16-9-10(3-4-13(16)17)15-8-12-11(14)5-7-18-12/h3-5,7,9,15H,2,6,8H2,1H3. The van der Waals surface area contributed by atoms with Crippen LogP contribution in [0.1, 0.15) is 19.1 Å². The molecule has 0 amide bonds. The smallest absolute Gasteiger partial charge is 0.250 e. The third-order valence-corrected chi connectivity index (χ3v) is 3.30. The summed E-state index contributed by atoms with van der Waals surface area (Å²) in [7, 11) is 0.